The van der Waals surface area contributed by atoms with E-state index in [0.717, 1.165) is 17.1 Å². The van der Waals surface area contributed by atoms with Gasteiger partial charge in [-0.1, -0.05) is 6.07 Å². The predicted molar refractivity (Wildman–Crippen MR) is 91.0 cm³/mol. The van der Waals surface area contributed by atoms with Crippen molar-refractivity contribution in [3.05, 3.63) is 48.0 Å². The first-order valence-corrected chi connectivity index (χ1v) is 8.00. The van der Waals surface area contributed by atoms with Crippen molar-refractivity contribution in [3.8, 4) is 23.0 Å². The van der Waals surface area contributed by atoms with Gasteiger partial charge in [-0.05, 0) is 48.9 Å². The zero-order chi connectivity index (χ0) is 17.5. The molecule has 132 valence electrons. The van der Waals surface area contributed by atoms with E-state index in [4.69, 9.17) is 18.9 Å². The van der Waals surface area contributed by atoms with Gasteiger partial charge in [-0.25, -0.2) is 4.79 Å². The fourth-order valence-electron chi connectivity index (χ4n) is 2.28. The highest BCUT2D eigenvalue weighted by molar-refractivity contribution is 5.73. The molecular formula is C18H20N2O5. The standard InChI is InChI=1S/C18H20N2O5/c1-2-22-14-4-6-15(7-5-14)23-11-20-18(21)19-10-13-3-8-16-17(9-13)25-12-24-16/h3-9H,2,10-12H2,1H3,(H2,19,20,21). The van der Waals surface area contributed by atoms with E-state index in [1.807, 2.05) is 37.3 Å². The van der Waals surface area contributed by atoms with Crippen LogP contribution >= 0.6 is 0 Å². The summed E-state index contributed by atoms with van der Waals surface area (Å²) in [4.78, 5) is 11.8. The number of hydrogen-bond acceptors (Lipinski definition) is 5. The molecule has 0 aromatic heterocycles. The van der Waals surface area contributed by atoms with Crippen molar-refractivity contribution < 1.29 is 23.7 Å². The van der Waals surface area contributed by atoms with E-state index in [0.29, 0.717) is 24.7 Å². The summed E-state index contributed by atoms with van der Waals surface area (Å²) in [6.45, 7) is 3.23. The molecule has 0 saturated heterocycles. The molecule has 2 N–H and O–H groups in total. The smallest absolute Gasteiger partial charge is 0.317 e. The number of urea groups is 1. The zero-order valence-corrected chi connectivity index (χ0v) is 13.9. The Balaban J connectivity index is 1.38. The molecule has 1 aliphatic rings. The Hall–Kier alpha value is -3.09. The molecule has 0 bridgehead atoms. The summed E-state index contributed by atoms with van der Waals surface area (Å²) >= 11 is 0. The molecule has 25 heavy (non-hydrogen) atoms. The molecule has 2 amide bonds. The van der Waals surface area contributed by atoms with Crippen LogP contribution in [0.1, 0.15) is 12.5 Å². The molecule has 0 saturated carbocycles. The molecular weight excluding hydrogens is 324 g/mol. The van der Waals surface area contributed by atoms with Crippen LogP contribution in [0.4, 0.5) is 4.79 Å². The van der Waals surface area contributed by atoms with Crippen LogP contribution in [-0.2, 0) is 6.54 Å². The lowest BCUT2D eigenvalue weighted by atomic mass is 10.2. The topological polar surface area (TPSA) is 78.1 Å². The van der Waals surface area contributed by atoms with Gasteiger partial charge >= 0.3 is 6.03 Å². The molecule has 1 aliphatic heterocycles. The maximum absolute atomic E-state index is 11.8. The second-order valence-corrected chi connectivity index (χ2v) is 5.24. The minimum absolute atomic E-state index is 0.0704. The third kappa shape index (κ3) is 4.69. The number of amides is 2. The number of fused-ring (bicyclic) bond motifs is 1. The lowest BCUT2D eigenvalue weighted by Crippen LogP contribution is -2.37. The van der Waals surface area contributed by atoms with Crippen molar-refractivity contribution >= 4 is 6.03 Å². The second kappa shape index (κ2) is 8.14. The first-order chi connectivity index (χ1) is 12.2. The first-order valence-electron chi connectivity index (χ1n) is 8.00. The number of carbonyl (C=O) groups is 1. The van der Waals surface area contributed by atoms with Gasteiger partial charge in [0, 0.05) is 6.54 Å². The maximum atomic E-state index is 11.8. The SMILES string of the molecule is CCOc1ccc(OCNC(=O)NCc2ccc3c(c2)OCO3)cc1. The average Bonchev–Trinajstić information content (AvgIpc) is 3.09. The lowest BCUT2D eigenvalue weighted by Gasteiger charge is -2.10. The van der Waals surface area contributed by atoms with Crippen LogP contribution in [0.2, 0.25) is 0 Å². The first kappa shape index (κ1) is 16.8. The van der Waals surface area contributed by atoms with Crippen molar-refractivity contribution in [2.75, 3.05) is 20.1 Å². The van der Waals surface area contributed by atoms with Gasteiger partial charge in [0.25, 0.3) is 0 Å². The van der Waals surface area contributed by atoms with E-state index in [1.54, 1.807) is 12.1 Å². The van der Waals surface area contributed by atoms with Crippen LogP contribution in [0.3, 0.4) is 0 Å². The zero-order valence-electron chi connectivity index (χ0n) is 13.9. The van der Waals surface area contributed by atoms with Crippen LogP contribution in [-0.4, -0.2) is 26.2 Å². The van der Waals surface area contributed by atoms with Gasteiger partial charge in [0.05, 0.1) is 6.61 Å². The number of rotatable bonds is 7. The molecule has 2 aromatic carbocycles. The highest BCUT2D eigenvalue weighted by atomic mass is 16.7. The van der Waals surface area contributed by atoms with E-state index < -0.39 is 0 Å². The number of benzene rings is 2. The predicted octanol–water partition coefficient (Wildman–Crippen LogP) is 2.65. The van der Waals surface area contributed by atoms with Crippen molar-refractivity contribution in [1.29, 1.82) is 0 Å². The third-order valence-corrected chi connectivity index (χ3v) is 3.50. The maximum Gasteiger partial charge on any atom is 0.317 e. The van der Waals surface area contributed by atoms with Crippen molar-refractivity contribution in [2.45, 2.75) is 13.5 Å². The largest absolute Gasteiger partial charge is 0.494 e. The highest BCUT2D eigenvalue weighted by Crippen LogP contribution is 2.32. The van der Waals surface area contributed by atoms with Gasteiger partial charge in [-0.2, -0.15) is 0 Å². The molecule has 7 heteroatoms. The normalized spacial score (nSPS) is 11.7. The molecule has 1 heterocycles. The Morgan fingerprint density at radius 1 is 1.00 bits per heavy atom. The summed E-state index contributed by atoms with van der Waals surface area (Å²) in [5, 5.41) is 5.39. The van der Waals surface area contributed by atoms with Crippen LogP contribution in [0.15, 0.2) is 42.5 Å². The average molecular weight is 344 g/mol. The molecule has 0 unspecified atom stereocenters. The van der Waals surface area contributed by atoms with Crippen LogP contribution < -0.4 is 29.6 Å². The van der Waals surface area contributed by atoms with Gasteiger partial charge in [-0.3, -0.25) is 0 Å². The van der Waals surface area contributed by atoms with Gasteiger partial charge < -0.3 is 29.6 Å². The molecule has 3 rings (SSSR count). The van der Waals surface area contributed by atoms with E-state index >= 15 is 0 Å². The highest BCUT2D eigenvalue weighted by Gasteiger charge is 2.13. The molecule has 0 radical (unpaired) electrons. The van der Waals surface area contributed by atoms with Gasteiger partial charge in [0.2, 0.25) is 6.79 Å². The number of nitrogens with one attached hydrogen (secondary N) is 2. The van der Waals surface area contributed by atoms with Crippen molar-refractivity contribution in [1.82, 2.24) is 10.6 Å². The van der Waals surface area contributed by atoms with Crippen molar-refractivity contribution in [2.24, 2.45) is 0 Å². The summed E-state index contributed by atoms with van der Waals surface area (Å²) in [5.74, 6) is 2.85. The molecule has 7 nitrogen and oxygen atoms in total. The summed E-state index contributed by atoms with van der Waals surface area (Å²) in [6.07, 6.45) is 0. The van der Waals surface area contributed by atoms with E-state index in [-0.39, 0.29) is 19.6 Å². The fourth-order valence-corrected chi connectivity index (χ4v) is 2.28. The summed E-state index contributed by atoms with van der Waals surface area (Å²) in [7, 11) is 0. The van der Waals surface area contributed by atoms with Crippen LogP contribution in [0, 0.1) is 0 Å². The minimum atomic E-state index is -0.316. The quantitative estimate of drug-likeness (QED) is 0.755. The molecule has 0 fully saturated rings. The van der Waals surface area contributed by atoms with E-state index in [1.165, 1.54) is 0 Å². The Kier molecular flexibility index (Phi) is 5.46. The second-order valence-electron chi connectivity index (χ2n) is 5.24. The Labute approximate surface area is 145 Å². The third-order valence-electron chi connectivity index (χ3n) is 3.50. The van der Waals surface area contributed by atoms with Gasteiger partial charge in [-0.15, -0.1) is 0 Å². The molecule has 0 atom stereocenters. The number of ether oxygens (including phenoxy) is 4. The summed E-state index contributed by atoms with van der Waals surface area (Å²) in [5.41, 5.74) is 0.923. The molecule has 2 aromatic rings. The molecule has 0 spiro atoms. The van der Waals surface area contributed by atoms with Gasteiger partial charge in [0.15, 0.2) is 18.2 Å². The Morgan fingerprint density at radius 2 is 1.72 bits per heavy atom. The fraction of sp³-hybridized carbons (Fsp3) is 0.278. The Bertz CT molecular complexity index is 718. The lowest BCUT2D eigenvalue weighted by molar-refractivity contribution is 0.174. The van der Waals surface area contributed by atoms with Crippen molar-refractivity contribution in [3.63, 3.8) is 0 Å². The monoisotopic (exact) mass is 344 g/mol. The Morgan fingerprint density at radius 3 is 2.48 bits per heavy atom. The minimum Gasteiger partial charge on any atom is -0.494 e. The van der Waals surface area contributed by atoms with E-state index in [9.17, 15) is 4.79 Å². The van der Waals surface area contributed by atoms with Crippen LogP contribution in [0.5, 0.6) is 23.0 Å². The van der Waals surface area contributed by atoms with E-state index in [2.05, 4.69) is 10.6 Å². The van der Waals surface area contributed by atoms with Gasteiger partial charge in [0.1, 0.15) is 11.5 Å². The summed E-state index contributed by atoms with van der Waals surface area (Å²) in [6, 6.07) is 12.4. The number of carbonyl (C=O) groups excluding carboxylic acids is 1. The molecule has 0 aliphatic carbocycles. The summed E-state index contributed by atoms with van der Waals surface area (Å²) < 4.78 is 21.4. The van der Waals surface area contributed by atoms with Crippen LogP contribution in [0.25, 0.3) is 0 Å². The number of hydrogen-bond donors (Lipinski definition) is 2.